The number of carboxylic acid groups (broad SMARTS) is 1. The topological polar surface area (TPSA) is 129 Å². The Hall–Kier alpha value is -5.18. The lowest BCUT2D eigenvalue weighted by molar-refractivity contribution is -0.141. The van der Waals surface area contributed by atoms with Gasteiger partial charge in [-0.2, -0.15) is 5.10 Å². The summed E-state index contributed by atoms with van der Waals surface area (Å²) in [5.74, 6) is -1.54. The predicted octanol–water partition coefficient (Wildman–Crippen LogP) is 4.99. The largest absolute Gasteiger partial charge is 0.481 e. The monoisotopic (exact) mass is 531 g/mol. The number of carboxylic acids is 1. The van der Waals surface area contributed by atoms with Gasteiger partial charge in [0.1, 0.15) is 6.04 Å². The summed E-state index contributed by atoms with van der Waals surface area (Å²) in [6.45, 7) is 1.99. The number of rotatable bonds is 6. The molecule has 0 radical (unpaired) electrons. The molecule has 0 unspecified atom stereocenters. The van der Waals surface area contributed by atoms with E-state index in [1.54, 1.807) is 6.20 Å². The van der Waals surface area contributed by atoms with E-state index in [0.717, 1.165) is 22.1 Å². The Morgan fingerprint density at radius 2 is 1.73 bits per heavy atom. The van der Waals surface area contributed by atoms with Crippen molar-refractivity contribution in [1.82, 2.24) is 20.0 Å². The van der Waals surface area contributed by atoms with Gasteiger partial charge >= 0.3 is 5.97 Å². The number of aliphatic carboxylic acids is 1. The Bertz CT molecular complexity index is 1880. The van der Waals surface area contributed by atoms with Crippen LogP contribution in [0.4, 0.5) is 0 Å². The van der Waals surface area contributed by atoms with Crippen LogP contribution in [0.1, 0.15) is 42.1 Å². The van der Waals surface area contributed by atoms with Crippen molar-refractivity contribution in [2.75, 3.05) is 0 Å². The first-order valence-corrected chi connectivity index (χ1v) is 12.9. The number of H-pyrrole nitrogens is 1. The maximum Gasteiger partial charge on any atom is 0.303 e. The number of benzene rings is 3. The summed E-state index contributed by atoms with van der Waals surface area (Å²) in [4.78, 5) is 50.4. The number of para-hydroxylation sites is 2. The van der Waals surface area contributed by atoms with Crippen LogP contribution in [0, 0.1) is 6.92 Å². The second kappa shape index (κ2) is 10.2. The second-order valence-electron chi connectivity index (χ2n) is 9.80. The number of nitrogens with zero attached hydrogens (tertiary/aromatic N) is 4. The molecule has 2 aromatic heterocycles. The van der Waals surface area contributed by atoms with Crippen LogP contribution in [0.25, 0.3) is 33.1 Å². The minimum absolute atomic E-state index is 0.214. The van der Waals surface area contributed by atoms with E-state index in [9.17, 15) is 19.5 Å². The van der Waals surface area contributed by atoms with Crippen LogP contribution in [-0.4, -0.2) is 42.7 Å². The summed E-state index contributed by atoms with van der Waals surface area (Å²) in [5.41, 5.74) is 5.66. The van der Waals surface area contributed by atoms with Crippen molar-refractivity contribution in [3.63, 3.8) is 0 Å². The van der Waals surface area contributed by atoms with Crippen molar-refractivity contribution < 1.29 is 14.7 Å². The molecular formula is C31H25N5O4. The lowest BCUT2D eigenvalue weighted by Gasteiger charge is -2.21. The van der Waals surface area contributed by atoms with Gasteiger partial charge in [0, 0.05) is 29.3 Å². The average Bonchev–Trinajstić information content (AvgIpc) is 3.41. The van der Waals surface area contributed by atoms with Crippen LogP contribution in [-0.2, 0) is 9.59 Å². The van der Waals surface area contributed by atoms with Crippen molar-refractivity contribution in [3.8, 4) is 11.1 Å². The predicted molar refractivity (Wildman–Crippen MR) is 152 cm³/mol. The fraction of sp³-hybridized carbons (Fsp3) is 0.161. The molecule has 198 valence electrons. The summed E-state index contributed by atoms with van der Waals surface area (Å²) in [5, 5.41) is 16.0. The molecule has 0 bridgehead atoms. The number of hydrogen-bond donors (Lipinski definition) is 2. The Labute approximate surface area is 228 Å². The number of carbonyl (C=O) groups is 2. The van der Waals surface area contributed by atoms with Crippen LogP contribution in [0.2, 0.25) is 0 Å². The SMILES string of the molecule is Cc1ccc2[nH]c(=O)c(C3=NN(C(=O)CCC(=O)O)[C@@H](c4cnc5ccccc5n4)C3)c(-c3ccccc3)c2c1. The molecule has 0 spiro atoms. The molecule has 1 aliphatic heterocycles. The van der Waals surface area contributed by atoms with Crippen molar-refractivity contribution >= 4 is 39.5 Å². The molecule has 0 aliphatic carbocycles. The first-order chi connectivity index (χ1) is 19.4. The van der Waals surface area contributed by atoms with Crippen molar-refractivity contribution in [1.29, 1.82) is 0 Å². The molecule has 1 amide bonds. The number of aromatic amines is 1. The van der Waals surface area contributed by atoms with Crippen molar-refractivity contribution in [2.24, 2.45) is 5.10 Å². The standard InChI is InChI=1S/C31H25N5O4/c1-18-11-12-21-20(15-18)29(19-7-3-2-4-8-19)30(31(40)34-21)24-16-26(36(35-24)27(37)13-14-28(38)39)25-17-32-22-9-5-6-10-23(22)33-25/h2-12,15,17,26H,13-14,16H2,1H3,(H,34,40)(H,38,39)/t26-/m1/s1. The molecule has 1 aliphatic rings. The molecule has 3 heterocycles. The van der Waals surface area contributed by atoms with E-state index in [1.165, 1.54) is 5.01 Å². The quantitative estimate of drug-likeness (QED) is 0.318. The Balaban J connectivity index is 1.53. The third kappa shape index (κ3) is 4.62. The van der Waals surface area contributed by atoms with Crippen LogP contribution in [0.15, 0.2) is 88.9 Å². The summed E-state index contributed by atoms with van der Waals surface area (Å²) in [7, 11) is 0. The third-order valence-electron chi connectivity index (χ3n) is 7.05. The van der Waals surface area contributed by atoms with E-state index in [4.69, 9.17) is 4.98 Å². The fourth-order valence-electron chi connectivity index (χ4n) is 5.17. The van der Waals surface area contributed by atoms with Crippen molar-refractivity contribution in [3.05, 3.63) is 106 Å². The summed E-state index contributed by atoms with van der Waals surface area (Å²) in [6.07, 6.45) is 1.25. The normalized spacial score (nSPS) is 15.0. The highest BCUT2D eigenvalue weighted by Gasteiger charge is 2.36. The Kier molecular flexibility index (Phi) is 6.39. The fourth-order valence-corrected chi connectivity index (χ4v) is 5.17. The minimum atomic E-state index is -1.08. The van der Waals surface area contributed by atoms with Gasteiger partial charge in [-0.1, -0.05) is 54.1 Å². The highest BCUT2D eigenvalue weighted by Crippen LogP contribution is 2.37. The van der Waals surface area contributed by atoms with Gasteiger partial charge in [-0.3, -0.25) is 19.4 Å². The van der Waals surface area contributed by atoms with E-state index >= 15 is 0 Å². The Morgan fingerprint density at radius 1 is 0.975 bits per heavy atom. The number of nitrogens with one attached hydrogen (secondary N) is 1. The number of amides is 1. The van der Waals surface area contributed by atoms with Gasteiger partial charge in [0.25, 0.3) is 5.56 Å². The second-order valence-corrected chi connectivity index (χ2v) is 9.80. The molecule has 40 heavy (non-hydrogen) atoms. The van der Waals surface area contributed by atoms with E-state index < -0.39 is 17.9 Å². The molecule has 0 saturated carbocycles. The highest BCUT2D eigenvalue weighted by molar-refractivity contribution is 6.13. The van der Waals surface area contributed by atoms with E-state index in [2.05, 4.69) is 15.1 Å². The van der Waals surface area contributed by atoms with E-state index in [-0.39, 0.29) is 24.8 Å². The number of aryl methyl sites for hydroxylation is 1. The first-order valence-electron chi connectivity index (χ1n) is 12.9. The molecule has 6 rings (SSSR count). The van der Waals surface area contributed by atoms with Crippen LogP contribution in [0.5, 0.6) is 0 Å². The number of aromatic nitrogens is 3. The maximum atomic E-state index is 13.7. The molecule has 9 nitrogen and oxygen atoms in total. The number of hydrogen-bond acceptors (Lipinski definition) is 6. The summed E-state index contributed by atoms with van der Waals surface area (Å²) < 4.78 is 0. The van der Waals surface area contributed by atoms with Gasteiger partial charge in [0.2, 0.25) is 5.91 Å². The smallest absolute Gasteiger partial charge is 0.303 e. The van der Waals surface area contributed by atoms with Crippen molar-refractivity contribution in [2.45, 2.75) is 32.2 Å². The third-order valence-corrected chi connectivity index (χ3v) is 7.05. The zero-order valence-electron chi connectivity index (χ0n) is 21.7. The molecule has 2 N–H and O–H groups in total. The van der Waals surface area contributed by atoms with E-state index in [0.29, 0.717) is 33.5 Å². The van der Waals surface area contributed by atoms with Gasteiger partial charge in [-0.25, -0.2) is 9.99 Å². The zero-order chi connectivity index (χ0) is 27.8. The van der Waals surface area contributed by atoms with Crippen LogP contribution >= 0.6 is 0 Å². The van der Waals surface area contributed by atoms with Gasteiger partial charge in [-0.15, -0.1) is 0 Å². The zero-order valence-corrected chi connectivity index (χ0v) is 21.7. The highest BCUT2D eigenvalue weighted by atomic mass is 16.4. The number of fused-ring (bicyclic) bond motifs is 2. The average molecular weight is 532 g/mol. The molecule has 9 heteroatoms. The van der Waals surface area contributed by atoms with Gasteiger partial charge in [0.15, 0.2) is 0 Å². The maximum absolute atomic E-state index is 13.7. The van der Waals surface area contributed by atoms with Crippen LogP contribution in [0.3, 0.4) is 0 Å². The number of carbonyl (C=O) groups excluding carboxylic acids is 1. The van der Waals surface area contributed by atoms with Gasteiger partial charge < -0.3 is 10.1 Å². The molecule has 5 aromatic rings. The number of hydrazone groups is 1. The molecule has 1 atom stereocenters. The van der Waals surface area contributed by atoms with Gasteiger partial charge in [-0.05, 0) is 36.8 Å². The summed E-state index contributed by atoms with van der Waals surface area (Å²) in [6, 6.07) is 22.2. The molecule has 0 saturated heterocycles. The molecular weight excluding hydrogens is 506 g/mol. The lowest BCUT2D eigenvalue weighted by atomic mass is 9.91. The lowest BCUT2D eigenvalue weighted by Crippen LogP contribution is -2.28. The van der Waals surface area contributed by atoms with Crippen LogP contribution < -0.4 is 5.56 Å². The minimum Gasteiger partial charge on any atom is -0.481 e. The molecule has 0 fully saturated rings. The summed E-state index contributed by atoms with van der Waals surface area (Å²) >= 11 is 0. The molecule has 3 aromatic carbocycles. The van der Waals surface area contributed by atoms with Gasteiger partial charge in [0.05, 0.1) is 40.6 Å². The first kappa shape index (κ1) is 25.1. The number of pyridine rings is 1. The van der Waals surface area contributed by atoms with E-state index in [1.807, 2.05) is 79.7 Å². The Morgan fingerprint density at radius 3 is 2.50 bits per heavy atom.